The number of rotatable bonds is 3. The van der Waals surface area contributed by atoms with Gasteiger partial charge in [0, 0.05) is 0 Å². The molecule has 1 aromatic rings. The first-order valence-corrected chi connectivity index (χ1v) is 6.30. The van der Waals surface area contributed by atoms with Crippen molar-refractivity contribution in [3.05, 3.63) is 54.6 Å². The Morgan fingerprint density at radius 1 is 1.06 bits per heavy atom. The Morgan fingerprint density at radius 3 is 2.38 bits per heavy atom. The molecular weight excluding hydrogens is 192 g/mol. The molecule has 1 aliphatic carbocycles. The third-order valence-electron chi connectivity index (χ3n) is 3.39. The van der Waals surface area contributed by atoms with Crippen LogP contribution in [-0.2, 0) is 0 Å². The van der Waals surface area contributed by atoms with E-state index < -0.39 is 0 Å². The highest BCUT2D eigenvalue weighted by atomic mass is 14.2. The van der Waals surface area contributed by atoms with Gasteiger partial charge in [-0.15, -0.1) is 0 Å². The lowest BCUT2D eigenvalue weighted by molar-refractivity contribution is 0.420. The summed E-state index contributed by atoms with van der Waals surface area (Å²) < 4.78 is 0. The van der Waals surface area contributed by atoms with Crippen molar-refractivity contribution in [2.75, 3.05) is 0 Å². The monoisotopic (exact) mass is 212 g/mol. The van der Waals surface area contributed by atoms with Gasteiger partial charge in [-0.2, -0.15) is 0 Å². The zero-order valence-corrected chi connectivity index (χ0v) is 9.86. The third-order valence-corrected chi connectivity index (χ3v) is 3.39. The predicted molar refractivity (Wildman–Crippen MR) is 71.2 cm³/mol. The summed E-state index contributed by atoms with van der Waals surface area (Å²) in [5, 5.41) is 0. The maximum absolute atomic E-state index is 3.93. The van der Waals surface area contributed by atoms with Crippen LogP contribution in [0.1, 0.15) is 37.7 Å². The van der Waals surface area contributed by atoms with E-state index in [0.29, 0.717) is 0 Å². The quantitative estimate of drug-likeness (QED) is 0.629. The van der Waals surface area contributed by atoms with E-state index in [1.165, 1.54) is 43.2 Å². The van der Waals surface area contributed by atoms with E-state index in [4.69, 9.17) is 0 Å². The minimum atomic E-state index is 0.766. The largest absolute Gasteiger partial charge is 0.0985 e. The molecule has 0 heterocycles. The number of hydrogen-bond donors (Lipinski definition) is 0. The van der Waals surface area contributed by atoms with Gasteiger partial charge in [-0.05, 0) is 29.9 Å². The SMILES string of the molecule is C=CC(=CC1CCCCC1)c1ccccc1. The Hall–Kier alpha value is -1.30. The summed E-state index contributed by atoms with van der Waals surface area (Å²) in [6.45, 7) is 3.93. The summed E-state index contributed by atoms with van der Waals surface area (Å²) in [5.74, 6) is 0.766. The van der Waals surface area contributed by atoms with Crippen LogP contribution in [0.5, 0.6) is 0 Å². The molecule has 1 fully saturated rings. The Balaban J connectivity index is 2.15. The first kappa shape index (κ1) is 11.2. The smallest absolute Gasteiger partial charge is 0.0187 e. The highest BCUT2D eigenvalue weighted by molar-refractivity contribution is 5.73. The average molecular weight is 212 g/mol. The first-order chi connectivity index (χ1) is 7.90. The Bertz CT molecular complexity index is 353. The molecule has 0 amide bonds. The third kappa shape index (κ3) is 2.85. The minimum Gasteiger partial charge on any atom is -0.0985 e. The molecule has 0 saturated heterocycles. The summed E-state index contributed by atoms with van der Waals surface area (Å²) in [6, 6.07) is 10.6. The van der Waals surface area contributed by atoms with E-state index in [1.807, 2.05) is 6.08 Å². The molecule has 0 aromatic heterocycles. The average Bonchev–Trinajstić information content (AvgIpc) is 2.38. The Kier molecular flexibility index (Phi) is 3.98. The van der Waals surface area contributed by atoms with Crippen LogP contribution in [0.25, 0.3) is 5.57 Å². The normalized spacial score (nSPS) is 18.4. The number of hydrogen-bond acceptors (Lipinski definition) is 0. The molecule has 2 rings (SSSR count). The summed E-state index contributed by atoms with van der Waals surface area (Å²) in [5.41, 5.74) is 2.59. The molecule has 0 atom stereocenters. The van der Waals surface area contributed by atoms with E-state index in [2.05, 4.69) is 43.0 Å². The summed E-state index contributed by atoms with van der Waals surface area (Å²) in [7, 11) is 0. The zero-order valence-electron chi connectivity index (χ0n) is 9.86. The van der Waals surface area contributed by atoms with Gasteiger partial charge >= 0.3 is 0 Å². The Morgan fingerprint density at radius 2 is 1.75 bits per heavy atom. The summed E-state index contributed by atoms with van der Waals surface area (Å²) in [6.07, 6.45) is 11.3. The van der Waals surface area contributed by atoms with Crippen molar-refractivity contribution in [2.45, 2.75) is 32.1 Å². The van der Waals surface area contributed by atoms with Crippen molar-refractivity contribution < 1.29 is 0 Å². The first-order valence-electron chi connectivity index (χ1n) is 6.30. The lowest BCUT2D eigenvalue weighted by Crippen LogP contribution is -2.03. The van der Waals surface area contributed by atoms with Crippen LogP contribution < -0.4 is 0 Å². The minimum absolute atomic E-state index is 0.766. The van der Waals surface area contributed by atoms with Gasteiger partial charge in [0.1, 0.15) is 0 Å². The van der Waals surface area contributed by atoms with E-state index in [1.54, 1.807) is 0 Å². The lowest BCUT2D eigenvalue weighted by Gasteiger charge is -2.19. The van der Waals surface area contributed by atoms with Gasteiger partial charge in [-0.25, -0.2) is 0 Å². The van der Waals surface area contributed by atoms with Crippen LogP contribution in [0.4, 0.5) is 0 Å². The van der Waals surface area contributed by atoms with E-state index in [9.17, 15) is 0 Å². The van der Waals surface area contributed by atoms with Crippen molar-refractivity contribution >= 4 is 5.57 Å². The van der Waals surface area contributed by atoms with Crippen molar-refractivity contribution in [3.8, 4) is 0 Å². The van der Waals surface area contributed by atoms with Crippen LogP contribution >= 0.6 is 0 Å². The van der Waals surface area contributed by atoms with E-state index >= 15 is 0 Å². The molecule has 0 heteroatoms. The predicted octanol–water partition coefficient (Wildman–Crippen LogP) is 4.84. The van der Waals surface area contributed by atoms with Crippen LogP contribution in [0.2, 0.25) is 0 Å². The molecule has 0 radical (unpaired) electrons. The molecule has 0 unspecified atom stereocenters. The maximum Gasteiger partial charge on any atom is -0.0187 e. The molecule has 16 heavy (non-hydrogen) atoms. The zero-order chi connectivity index (χ0) is 11.2. The molecule has 0 nitrogen and oxygen atoms in total. The highest BCUT2D eigenvalue weighted by Gasteiger charge is 2.11. The van der Waals surface area contributed by atoms with Crippen LogP contribution in [-0.4, -0.2) is 0 Å². The fourth-order valence-corrected chi connectivity index (χ4v) is 2.47. The van der Waals surface area contributed by atoms with Crippen LogP contribution in [0.3, 0.4) is 0 Å². The van der Waals surface area contributed by atoms with E-state index in [-0.39, 0.29) is 0 Å². The molecule has 1 aromatic carbocycles. The molecule has 84 valence electrons. The van der Waals surface area contributed by atoms with Crippen molar-refractivity contribution in [1.82, 2.24) is 0 Å². The van der Waals surface area contributed by atoms with Gasteiger partial charge in [0.2, 0.25) is 0 Å². The second-order valence-electron chi connectivity index (χ2n) is 4.59. The van der Waals surface area contributed by atoms with Gasteiger partial charge in [0.15, 0.2) is 0 Å². The molecule has 1 saturated carbocycles. The fraction of sp³-hybridized carbons (Fsp3) is 0.375. The lowest BCUT2D eigenvalue weighted by atomic mass is 9.87. The molecule has 0 N–H and O–H groups in total. The maximum atomic E-state index is 3.93. The molecule has 0 bridgehead atoms. The second-order valence-corrected chi connectivity index (χ2v) is 4.59. The van der Waals surface area contributed by atoms with Gasteiger partial charge < -0.3 is 0 Å². The fourth-order valence-electron chi connectivity index (χ4n) is 2.47. The van der Waals surface area contributed by atoms with Gasteiger partial charge in [0.25, 0.3) is 0 Å². The second kappa shape index (κ2) is 5.69. The standard InChI is InChI=1S/C16H20/c1-2-15(16-11-7-4-8-12-16)13-14-9-5-3-6-10-14/h2,4,7-8,11-14H,1,3,5-6,9-10H2. The van der Waals surface area contributed by atoms with Crippen molar-refractivity contribution in [1.29, 1.82) is 0 Å². The summed E-state index contributed by atoms with van der Waals surface area (Å²) in [4.78, 5) is 0. The van der Waals surface area contributed by atoms with Crippen LogP contribution in [0.15, 0.2) is 49.1 Å². The molecule has 0 spiro atoms. The topological polar surface area (TPSA) is 0 Å². The highest BCUT2D eigenvalue weighted by Crippen LogP contribution is 2.28. The molecular formula is C16H20. The van der Waals surface area contributed by atoms with Gasteiger partial charge in [-0.3, -0.25) is 0 Å². The summed E-state index contributed by atoms with van der Waals surface area (Å²) >= 11 is 0. The van der Waals surface area contributed by atoms with Crippen LogP contribution in [0, 0.1) is 5.92 Å². The van der Waals surface area contributed by atoms with E-state index in [0.717, 1.165) is 5.92 Å². The van der Waals surface area contributed by atoms with Gasteiger partial charge in [0.05, 0.1) is 0 Å². The number of benzene rings is 1. The molecule has 0 aliphatic heterocycles. The van der Waals surface area contributed by atoms with Crippen molar-refractivity contribution in [3.63, 3.8) is 0 Å². The molecule has 1 aliphatic rings. The number of allylic oxidation sites excluding steroid dienone is 3. The Labute approximate surface area is 98.7 Å². The van der Waals surface area contributed by atoms with Gasteiger partial charge in [-0.1, -0.05) is 68.3 Å². The van der Waals surface area contributed by atoms with Crippen molar-refractivity contribution in [2.24, 2.45) is 5.92 Å².